The molecule has 2 rings (SSSR count). The van der Waals surface area contributed by atoms with Crippen LogP contribution in [0, 0.1) is 6.92 Å². The SMILES string of the molecule is Cc1cc(N)ccc1C(=O)OCC1CCC(C)(C)O1. The maximum atomic E-state index is 12.0. The smallest absolute Gasteiger partial charge is 0.338 e. The van der Waals surface area contributed by atoms with Crippen molar-refractivity contribution in [1.29, 1.82) is 0 Å². The number of carbonyl (C=O) groups is 1. The average molecular weight is 263 g/mol. The van der Waals surface area contributed by atoms with Gasteiger partial charge in [0.05, 0.1) is 17.3 Å². The van der Waals surface area contributed by atoms with E-state index in [1.54, 1.807) is 18.2 Å². The van der Waals surface area contributed by atoms with Gasteiger partial charge in [-0.2, -0.15) is 0 Å². The predicted molar refractivity (Wildman–Crippen MR) is 74.1 cm³/mol. The van der Waals surface area contributed by atoms with Gasteiger partial charge in [0.2, 0.25) is 0 Å². The summed E-state index contributed by atoms with van der Waals surface area (Å²) in [6.45, 7) is 6.27. The van der Waals surface area contributed by atoms with Crippen LogP contribution in [-0.4, -0.2) is 24.3 Å². The van der Waals surface area contributed by atoms with Crippen molar-refractivity contribution in [2.24, 2.45) is 0 Å². The number of nitrogens with two attached hydrogens (primary N) is 1. The van der Waals surface area contributed by atoms with E-state index in [1.165, 1.54) is 0 Å². The first kappa shape index (κ1) is 13.9. The number of ether oxygens (including phenoxy) is 2. The van der Waals surface area contributed by atoms with Crippen molar-refractivity contribution < 1.29 is 14.3 Å². The van der Waals surface area contributed by atoms with E-state index in [0.29, 0.717) is 17.9 Å². The Hall–Kier alpha value is -1.55. The number of hydrogen-bond donors (Lipinski definition) is 1. The zero-order valence-corrected chi connectivity index (χ0v) is 11.7. The lowest BCUT2D eigenvalue weighted by molar-refractivity contribution is -0.0445. The Morgan fingerprint density at radius 2 is 2.26 bits per heavy atom. The predicted octanol–water partition coefficient (Wildman–Crippen LogP) is 2.69. The quantitative estimate of drug-likeness (QED) is 0.672. The van der Waals surface area contributed by atoms with Crippen LogP contribution in [0.2, 0.25) is 0 Å². The standard InChI is InChI=1S/C15H21NO3/c1-10-8-11(16)4-5-13(10)14(17)18-9-12-6-7-15(2,3)19-12/h4-5,8,12H,6-7,9,16H2,1-3H3. The molecule has 0 spiro atoms. The molecule has 1 aliphatic rings. The Bertz CT molecular complexity index is 482. The number of carbonyl (C=O) groups excluding carboxylic acids is 1. The van der Waals surface area contributed by atoms with Crippen molar-refractivity contribution >= 4 is 11.7 Å². The molecule has 0 aromatic heterocycles. The highest BCUT2D eigenvalue weighted by atomic mass is 16.6. The zero-order chi connectivity index (χ0) is 14.0. The Kier molecular flexibility index (Phi) is 3.80. The van der Waals surface area contributed by atoms with E-state index in [9.17, 15) is 4.79 Å². The lowest BCUT2D eigenvalue weighted by Gasteiger charge is -2.19. The summed E-state index contributed by atoms with van der Waals surface area (Å²) in [5, 5.41) is 0. The maximum absolute atomic E-state index is 12.0. The molecule has 4 heteroatoms. The molecular formula is C15H21NO3. The Balaban J connectivity index is 1.91. The second kappa shape index (κ2) is 5.21. The van der Waals surface area contributed by atoms with Crippen LogP contribution in [0.3, 0.4) is 0 Å². The van der Waals surface area contributed by atoms with E-state index in [-0.39, 0.29) is 17.7 Å². The van der Waals surface area contributed by atoms with Crippen LogP contribution in [0.25, 0.3) is 0 Å². The van der Waals surface area contributed by atoms with Gasteiger partial charge in [0.15, 0.2) is 0 Å². The van der Waals surface area contributed by atoms with Gasteiger partial charge in [-0.05, 0) is 57.4 Å². The molecule has 2 N–H and O–H groups in total. The molecule has 0 amide bonds. The highest BCUT2D eigenvalue weighted by molar-refractivity contribution is 5.91. The van der Waals surface area contributed by atoms with Gasteiger partial charge in [-0.1, -0.05) is 0 Å². The van der Waals surface area contributed by atoms with Crippen molar-refractivity contribution in [3.05, 3.63) is 29.3 Å². The molecule has 104 valence electrons. The largest absolute Gasteiger partial charge is 0.459 e. The minimum Gasteiger partial charge on any atom is -0.459 e. The van der Waals surface area contributed by atoms with Gasteiger partial charge in [-0.15, -0.1) is 0 Å². The van der Waals surface area contributed by atoms with E-state index in [4.69, 9.17) is 15.2 Å². The zero-order valence-electron chi connectivity index (χ0n) is 11.7. The van der Waals surface area contributed by atoms with Crippen LogP contribution in [0.5, 0.6) is 0 Å². The highest BCUT2D eigenvalue weighted by Crippen LogP contribution is 2.29. The summed E-state index contributed by atoms with van der Waals surface area (Å²) in [4.78, 5) is 12.0. The summed E-state index contributed by atoms with van der Waals surface area (Å²) in [5.41, 5.74) is 7.60. The first-order valence-corrected chi connectivity index (χ1v) is 6.58. The first-order valence-electron chi connectivity index (χ1n) is 6.58. The van der Waals surface area contributed by atoms with E-state index in [1.807, 2.05) is 6.92 Å². The van der Waals surface area contributed by atoms with Gasteiger partial charge in [-0.3, -0.25) is 0 Å². The molecule has 0 bridgehead atoms. The minimum atomic E-state index is -0.314. The summed E-state index contributed by atoms with van der Waals surface area (Å²) < 4.78 is 11.1. The molecule has 1 aliphatic heterocycles. The van der Waals surface area contributed by atoms with E-state index in [2.05, 4.69) is 13.8 Å². The summed E-state index contributed by atoms with van der Waals surface area (Å²) in [7, 11) is 0. The summed E-state index contributed by atoms with van der Waals surface area (Å²) in [5.74, 6) is -0.314. The Morgan fingerprint density at radius 1 is 1.53 bits per heavy atom. The topological polar surface area (TPSA) is 61.6 Å². The molecule has 1 saturated heterocycles. The molecule has 1 fully saturated rings. The second-order valence-electron chi connectivity index (χ2n) is 5.71. The molecule has 1 atom stereocenters. The number of anilines is 1. The third-order valence-electron chi connectivity index (χ3n) is 3.42. The molecule has 1 heterocycles. The van der Waals surface area contributed by atoms with Crippen LogP contribution in [0.4, 0.5) is 5.69 Å². The first-order chi connectivity index (χ1) is 8.87. The van der Waals surface area contributed by atoms with Crippen LogP contribution >= 0.6 is 0 Å². The summed E-state index contributed by atoms with van der Waals surface area (Å²) in [6.07, 6.45) is 1.94. The van der Waals surface area contributed by atoms with Crippen molar-refractivity contribution in [3.63, 3.8) is 0 Å². The Morgan fingerprint density at radius 3 is 2.84 bits per heavy atom. The van der Waals surface area contributed by atoms with E-state index < -0.39 is 0 Å². The van der Waals surface area contributed by atoms with E-state index in [0.717, 1.165) is 18.4 Å². The number of nitrogen functional groups attached to an aromatic ring is 1. The van der Waals surface area contributed by atoms with Crippen LogP contribution < -0.4 is 5.73 Å². The van der Waals surface area contributed by atoms with Gasteiger partial charge < -0.3 is 15.2 Å². The molecule has 4 nitrogen and oxygen atoms in total. The van der Waals surface area contributed by atoms with Crippen molar-refractivity contribution in [1.82, 2.24) is 0 Å². The third-order valence-corrected chi connectivity index (χ3v) is 3.42. The summed E-state index contributed by atoms with van der Waals surface area (Å²) in [6, 6.07) is 5.18. The Labute approximate surface area is 113 Å². The molecule has 1 aromatic rings. The number of aryl methyl sites for hydroxylation is 1. The van der Waals surface area contributed by atoms with Gasteiger partial charge in [-0.25, -0.2) is 4.79 Å². The number of benzene rings is 1. The molecule has 0 aliphatic carbocycles. The monoisotopic (exact) mass is 263 g/mol. The normalized spacial score (nSPS) is 21.3. The molecule has 19 heavy (non-hydrogen) atoms. The van der Waals surface area contributed by atoms with Crippen molar-refractivity contribution in [2.45, 2.75) is 45.3 Å². The van der Waals surface area contributed by atoms with Crippen LogP contribution in [0.15, 0.2) is 18.2 Å². The molecule has 1 unspecified atom stereocenters. The average Bonchev–Trinajstić information content (AvgIpc) is 2.66. The molecule has 0 saturated carbocycles. The summed E-state index contributed by atoms with van der Waals surface area (Å²) >= 11 is 0. The third kappa shape index (κ3) is 3.47. The fourth-order valence-electron chi connectivity index (χ4n) is 2.36. The molecular weight excluding hydrogens is 242 g/mol. The van der Waals surface area contributed by atoms with Gasteiger partial charge >= 0.3 is 5.97 Å². The minimum absolute atomic E-state index is 0.00744. The second-order valence-corrected chi connectivity index (χ2v) is 5.71. The fraction of sp³-hybridized carbons (Fsp3) is 0.533. The molecule has 1 aromatic carbocycles. The lowest BCUT2D eigenvalue weighted by Crippen LogP contribution is -2.24. The van der Waals surface area contributed by atoms with Crippen molar-refractivity contribution in [2.75, 3.05) is 12.3 Å². The van der Waals surface area contributed by atoms with Crippen molar-refractivity contribution in [3.8, 4) is 0 Å². The number of rotatable bonds is 3. The van der Waals surface area contributed by atoms with Gasteiger partial charge in [0.25, 0.3) is 0 Å². The van der Waals surface area contributed by atoms with Gasteiger partial charge in [0.1, 0.15) is 6.61 Å². The maximum Gasteiger partial charge on any atom is 0.338 e. The highest BCUT2D eigenvalue weighted by Gasteiger charge is 2.32. The van der Waals surface area contributed by atoms with Crippen LogP contribution in [-0.2, 0) is 9.47 Å². The number of esters is 1. The molecule has 0 radical (unpaired) electrons. The fourth-order valence-corrected chi connectivity index (χ4v) is 2.36. The van der Waals surface area contributed by atoms with E-state index >= 15 is 0 Å². The van der Waals surface area contributed by atoms with Crippen LogP contribution in [0.1, 0.15) is 42.6 Å². The van der Waals surface area contributed by atoms with Gasteiger partial charge in [0, 0.05) is 5.69 Å². The lowest BCUT2D eigenvalue weighted by atomic mass is 10.1. The number of hydrogen-bond acceptors (Lipinski definition) is 4.